The maximum absolute atomic E-state index is 6.52. The maximum Gasteiger partial charge on any atom is 0.122 e. The zero-order chi connectivity index (χ0) is 20.6. The van der Waals surface area contributed by atoms with Gasteiger partial charge in [-0.1, -0.05) is 66.0 Å². The predicted octanol–water partition coefficient (Wildman–Crippen LogP) is 6.33. The van der Waals surface area contributed by atoms with Gasteiger partial charge in [0.05, 0.1) is 22.8 Å². The number of hydrogen-bond donors (Lipinski definition) is 0. The largest absolute Gasteiger partial charge is 0.493 e. The highest BCUT2D eigenvalue weighted by atomic mass is 28.3. The van der Waals surface area contributed by atoms with Gasteiger partial charge in [0.2, 0.25) is 0 Å². The molecule has 0 radical (unpaired) electrons. The second-order valence-corrected chi connectivity index (χ2v) is 22.3. The van der Waals surface area contributed by atoms with Gasteiger partial charge in [0.15, 0.2) is 0 Å². The van der Waals surface area contributed by atoms with E-state index in [9.17, 15) is 0 Å². The van der Waals surface area contributed by atoms with E-state index in [0.717, 1.165) is 13.0 Å². The Morgan fingerprint density at radius 2 is 1.54 bits per heavy atom. The Kier molecular flexibility index (Phi) is 4.64. The van der Waals surface area contributed by atoms with Crippen LogP contribution in [0.1, 0.15) is 76.0 Å². The van der Waals surface area contributed by atoms with Crippen LogP contribution in [0.2, 0.25) is 37.8 Å². The van der Waals surface area contributed by atoms with Crippen molar-refractivity contribution in [2.24, 2.45) is 0 Å². The zero-order valence-electron chi connectivity index (χ0n) is 19.7. The molecule has 3 aliphatic rings. The van der Waals surface area contributed by atoms with E-state index in [1.807, 2.05) is 0 Å². The summed E-state index contributed by atoms with van der Waals surface area (Å²) in [5, 5.41) is 3.77. The fourth-order valence-electron chi connectivity index (χ4n) is 5.89. The standard InChI is InChI=1S/C25H40OSi2/c1-16-17-12-10-11-13-18(17)21-20(16)23(27(5,6)7)19-14-15-26-22(19)24(21)28(8,9)25(2,3)4/h16H,10-15H2,1-9H3. The normalized spacial score (nSPS) is 22.1. The molecule has 1 unspecified atom stereocenters. The summed E-state index contributed by atoms with van der Waals surface area (Å²) in [6.45, 7) is 23.7. The molecule has 1 aromatic carbocycles. The van der Waals surface area contributed by atoms with E-state index in [1.54, 1.807) is 38.2 Å². The number of rotatable bonds is 2. The second kappa shape index (κ2) is 6.34. The minimum Gasteiger partial charge on any atom is -0.493 e. The first-order valence-corrected chi connectivity index (χ1v) is 18.0. The second-order valence-electron chi connectivity index (χ2n) is 12.0. The van der Waals surface area contributed by atoms with Gasteiger partial charge < -0.3 is 4.74 Å². The molecule has 0 spiro atoms. The molecule has 1 aliphatic heterocycles. The van der Waals surface area contributed by atoms with Crippen LogP contribution < -0.4 is 15.1 Å². The lowest BCUT2D eigenvalue weighted by atomic mass is 9.89. The molecule has 1 heterocycles. The van der Waals surface area contributed by atoms with Crippen molar-refractivity contribution in [3.63, 3.8) is 0 Å². The average molecular weight is 413 g/mol. The molecule has 0 saturated heterocycles. The molecule has 154 valence electrons. The van der Waals surface area contributed by atoms with Gasteiger partial charge in [-0.2, -0.15) is 0 Å². The van der Waals surface area contributed by atoms with Crippen LogP contribution in [0.4, 0.5) is 0 Å². The third kappa shape index (κ3) is 2.75. The molecule has 4 rings (SSSR count). The van der Waals surface area contributed by atoms with E-state index in [1.165, 1.54) is 31.4 Å². The molecule has 0 saturated carbocycles. The Labute approximate surface area is 175 Å². The van der Waals surface area contributed by atoms with E-state index < -0.39 is 16.1 Å². The molecule has 1 aromatic rings. The van der Waals surface area contributed by atoms with Crippen LogP contribution in [0.25, 0.3) is 5.57 Å². The topological polar surface area (TPSA) is 9.23 Å². The van der Waals surface area contributed by atoms with Gasteiger partial charge in [-0.25, -0.2) is 0 Å². The van der Waals surface area contributed by atoms with Gasteiger partial charge in [0.25, 0.3) is 0 Å². The van der Waals surface area contributed by atoms with E-state index in [0.29, 0.717) is 11.0 Å². The molecule has 1 atom stereocenters. The van der Waals surface area contributed by atoms with Gasteiger partial charge in [0, 0.05) is 12.3 Å². The summed E-state index contributed by atoms with van der Waals surface area (Å²) in [5.41, 5.74) is 8.60. The van der Waals surface area contributed by atoms with E-state index in [4.69, 9.17) is 4.74 Å². The number of allylic oxidation sites excluding steroid dienone is 2. The minimum atomic E-state index is -1.73. The van der Waals surface area contributed by atoms with Crippen molar-refractivity contribution < 1.29 is 4.74 Å². The molecule has 2 aliphatic carbocycles. The zero-order valence-corrected chi connectivity index (χ0v) is 21.7. The molecule has 0 N–H and O–H groups in total. The predicted molar refractivity (Wildman–Crippen MR) is 129 cm³/mol. The summed E-state index contributed by atoms with van der Waals surface area (Å²) < 4.78 is 6.52. The minimum absolute atomic E-state index is 0.322. The van der Waals surface area contributed by atoms with Crippen molar-refractivity contribution in [1.29, 1.82) is 0 Å². The fraction of sp³-hybridized carbons (Fsp3) is 0.680. The first kappa shape index (κ1) is 20.5. The Morgan fingerprint density at radius 1 is 0.893 bits per heavy atom. The molecular weight excluding hydrogens is 372 g/mol. The summed E-state index contributed by atoms with van der Waals surface area (Å²) in [5.74, 6) is 1.97. The van der Waals surface area contributed by atoms with Crippen molar-refractivity contribution in [3.8, 4) is 5.75 Å². The number of benzene rings is 1. The van der Waals surface area contributed by atoms with Crippen LogP contribution >= 0.6 is 0 Å². The first-order chi connectivity index (χ1) is 12.9. The van der Waals surface area contributed by atoms with Gasteiger partial charge in [-0.05, 0) is 63.4 Å². The fourth-order valence-corrected chi connectivity index (χ4v) is 10.6. The third-order valence-corrected chi connectivity index (χ3v) is 15.8. The molecule has 0 bridgehead atoms. The highest BCUT2D eigenvalue weighted by Crippen LogP contribution is 2.52. The molecule has 0 aromatic heterocycles. The number of fused-ring (bicyclic) bond motifs is 3. The van der Waals surface area contributed by atoms with Crippen molar-refractivity contribution >= 4 is 32.1 Å². The maximum atomic E-state index is 6.52. The Hall–Kier alpha value is -0.806. The van der Waals surface area contributed by atoms with Crippen LogP contribution in [0, 0.1) is 0 Å². The van der Waals surface area contributed by atoms with E-state index >= 15 is 0 Å². The van der Waals surface area contributed by atoms with Crippen molar-refractivity contribution in [1.82, 2.24) is 0 Å². The Morgan fingerprint density at radius 3 is 2.14 bits per heavy atom. The van der Waals surface area contributed by atoms with Gasteiger partial charge >= 0.3 is 0 Å². The van der Waals surface area contributed by atoms with Crippen molar-refractivity contribution in [2.45, 2.75) is 103 Å². The third-order valence-electron chi connectivity index (χ3n) is 8.21. The van der Waals surface area contributed by atoms with Crippen LogP contribution in [0.5, 0.6) is 5.75 Å². The monoisotopic (exact) mass is 412 g/mol. The lowest BCUT2D eigenvalue weighted by Gasteiger charge is -2.41. The highest BCUT2D eigenvalue weighted by molar-refractivity contribution is 6.94. The first-order valence-electron chi connectivity index (χ1n) is 11.5. The summed E-state index contributed by atoms with van der Waals surface area (Å²) in [7, 11) is -3.20. The van der Waals surface area contributed by atoms with Gasteiger partial charge in [0.1, 0.15) is 5.75 Å². The molecular formula is C25H40OSi2. The SMILES string of the molecule is CC1C2=C(CCCC2)c2c1c([Si](C)(C)C)c1c(c2[Si](C)(C)C(C)(C)C)OCC1. The van der Waals surface area contributed by atoms with Crippen LogP contribution in [0.3, 0.4) is 0 Å². The van der Waals surface area contributed by atoms with E-state index in [2.05, 4.69) is 60.4 Å². The highest BCUT2D eigenvalue weighted by Gasteiger charge is 2.48. The van der Waals surface area contributed by atoms with Crippen LogP contribution in [-0.4, -0.2) is 22.8 Å². The quantitative estimate of drug-likeness (QED) is 0.516. The van der Waals surface area contributed by atoms with Crippen molar-refractivity contribution in [2.75, 3.05) is 6.61 Å². The van der Waals surface area contributed by atoms with Crippen LogP contribution in [-0.2, 0) is 6.42 Å². The van der Waals surface area contributed by atoms with E-state index in [-0.39, 0.29) is 0 Å². The molecule has 3 heteroatoms. The Bertz CT molecular complexity index is 862. The lowest BCUT2D eigenvalue weighted by molar-refractivity contribution is 0.359. The molecule has 0 amide bonds. The van der Waals surface area contributed by atoms with Crippen LogP contribution in [0.15, 0.2) is 5.57 Å². The summed E-state index contributed by atoms with van der Waals surface area (Å²) in [4.78, 5) is 0. The summed E-state index contributed by atoms with van der Waals surface area (Å²) in [6, 6.07) is 0. The average Bonchev–Trinajstić information content (AvgIpc) is 3.15. The molecule has 0 fully saturated rings. The van der Waals surface area contributed by atoms with Crippen molar-refractivity contribution in [3.05, 3.63) is 22.3 Å². The number of hydrogen-bond acceptors (Lipinski definition) is 1. The lowest BCUT2D eigenvalue weighted by Crippen LogP contribution is -2.54. The summed E-state index contributed by atoms with van der Waals surface area (Å²) >= 11 is 0. The number of ether oxygens (including phenoxy) is 1. The van der Waals surface area contributed by atoms with Gasteiger partial charge in [-0.3, -0.25) is 0 Å². The molecule has 28 heavy (non-hydrogen) atoms. The summed E-state index contributed by atoms with van der Waals surface area (Å²) in [6.07, 6.45) is 6.48. The Balaban J connectivity index is 2.15. The smallest absolute Gasteiger partial charge is 0.122 e. The van der Waals surface area contributed by atoms with Gasteiger partial charge in [-0.15, -0.1) is 0 Å². The molecule has 1 nitrogen and oxygen atoms in total.